The molecule has 5 nitrogen and oxygen atoms in total. The normalized spacial score (nSPS) is 12.4. The van der Waals surface area contributed by atoms with Crippen molar-refractivity contribution < 1.29 is 4.79 Å². The van der Waals surface area contributed by atoms with Gasteiger partial charge in [-0.1, -0.05) is 6.92 Å². The number of rotatable bonds is 6. The number of H-pyrrole nitrogens is 1. The number of pyridine rings is 1. The molecule has 1 aromatic rings. The van der Waals surface area contributed by atoms with Gasteiger partial charge >= 0.3 is 0 Å². The molecule has 0 aliphatic heterocycles. The number of nitrogens with zero attached hydrogens (tertiary/aromatic N) is 1. The second kappa shape index (κ2) is 6.96. The number of carbonyl (C=O) groups excluding carboxylic acids is 1. The zero-order valence-corrected chi connectivity index (χ0v) is 11.2. The van der Waals surface area contributed by atoms with E-state index < -0.39 is 0 Å². The number of amides is 1. The van der Waals surface area contributed by atoms with E-state index in [1.807, 2.05) is 7.05 Å². The van der Waals surface area contributed by atoms with Gasteiger partial charge in [-0.15, -0.1) is 0 Å². The van der Waals surface area contributed by atoms with Crippen LogP contribution in [-0.4, -0.2) is 42.0 Å². The number of nitrogens with one attached hydrogen (secondary N) is 2. The zero-order chi connectivity index (χ0) is 13.5. The van der Waals surface area contributed by atoms with Crippen LogP contribution < -0.4 is 10.9 Å². The highest BCUT2D eigenvalue weighted by molar-refractivity contribution is 5.93. The lowest BCUT2D eigenvalue weighted by molar-refractivity contribution is 0.0947. The van der Waals surface area contributed by atoms with E-state index in [9.17, 15) is 9.59 Å². The van der Waals surface area contributed by atoms with Gasteiger partial charge in [0.25, 0.3) is 5.91 Å². The smallest absolute Gasteiger partial charge is 0.251 e. The average Bonchev–Trinajstić information content (AvgIpc) is 2.37. The standard InChI is InChI=1S/C13H21N3O2/c1-4-10(2)16(3)8-7-15-13(18)11-5-6-14-12(17)9-11/h5-6,9-10H,4,7-8H2,1-3H3,(H,14,17)(H,15,18). The number of aromatic nitrogens is 1. The van der Waals surface area contributed by atoms with E-state index in [0.29, 0.717) is 18.2 Å². The monoisotopic (exact) mass is 251 g/mol. The molecule has 2 N–H and O–H groups in total. The largest absolute Gasteiger partial charge is 0.351 e. The fraction of sp³-hybridized carbons (Fsp3) is 0.538. The summed E-state index contributed by atoms with van der Waals surface area (Å²) in [5.41, 5.74) is 0.129. The molecule has 18 heavy (non-hydrogen) atoms. The summed E-state index contributed by atoms with van der Waals surface area (Å²) in [5, 5.41) is 2.80. The van der Waals surface area contributed by atoms with Crippen LogP contribution in [0.25, 0.3) is 0 Å². The maximum Gasteiger partial charge on any atom is 0.251 e. The second-order valence-corrected chi connectivity index (χ2v) is 4.44. The van der Waals surface area contributed by atoms with E-state index in [0.717, 1.165) is 13.0 Å². The van der Waals surface area contributed by atoms with Crippen molar-refractivity contribution in [3.8, 4) is 0 Å². The lowest BCUT2D eigenvalue weighted by atomic mass is 10.2. The summed E-state index contributed by atoms with van der Waals surface area (Å²) in [6.45, 7) is 5.66. The summed E-state index contributed by atoms with van der Waals surface area (Å²) in [6.07, 6.45) is 2.56. The Balaban J connectivity index is 2.40. The third-order valence-electron chi connectivity index (χ3n) is 3.13. The maximum atomic E-state index is 11.7. The topological polar surface area (TPSA) is 65.2 Å². The van der Waals surface area contributed by atoms with Gasteiger partial charge in [-0.2, -0.15) is 0 Å². The van der Waals surface area contributed by atoms with Crippen LogP contribution in [-0.2, 0) is 0 Å². The highest BCUT2D eigenvalue weighted by atomic mass is 16.2. The Morgan fingerprint density at radius 1 is 1.56 bits per heavy atom. The van der Waals surface area contributed by atoms with Gasteiger partial charge in [0.05, 0.1) is 0 Å². The van der Waals surface area contributed by atoms with Gasteiger partial charge in [-0.05, 0) is 26.5 Å². The first-order valence-electron chi connectivity index (χ1n) is 6.21. The highest BCUT2D eigenvalue weighted by Gasteiger charge is 2.08. The van der Waals surface area contributed by atoms with Crippen molar-refractivity contribution in [3.05, 3.63) is 34.2 Å². The highest BCUT2D eigenvalue weighted by Crippen LogP contribution is 1.98. The predicted molar refractivity (Wildman–Crippen MR) is 71.8 cm³/mol. The van der Waals surface area contributed by atoms with E-state index in [1.54, 1.807) is 6.07 Å². The van der Waals surface area contributed by atoms with Gasteiger partial charge in [0.15, 0.2) is 0 Å². The first kappa shape index (κ1) is 14.4. The van der Waals surface area contributed by atoms with E-state index in [4.69, 9.17) is 0 Å². The van der Waals surface area contributed by atoms with Crippen molar-refractivity contribution in [2.45, 2.75) is 26.3 Å². The Kier molecular flexibility index (Phi) is 5.58. The van der Waals surface area contributed by atoms with Crippen molar-refractivity contribution in [1.82, 2.24) is 15.2 Å². The van der Waals surface area contributed by atoms with Crippen LogP contribution in [0.2, 0.25) is 0 Å². The Labute approximate surface area is 107 Å². The fourth-order valence-electron chi connectivity index (χ4n) is 1.57. The Morgan fingerprint density at radius 2 is 2.28 bits per heavy atom. The molecule has 100 valence electrons. The first-order chi connectivity index (χ1) is 8.54. The summed E-state index contributed by atoms with van der Waals surface area (Å²) in [6, 6.07) is 3.39. The summed E-state index contributed by atoms with van der Waals surface area (Å²) in [4.78, 5) is 27.5. The molecule has 1 heterocycles. The molecule has 0 saturated heterocycles. The quantitative estimate of drug-likeness (QED) is 0.787. The summed E-state index contributed by atoms with van der Waals surface area (Å²) < 4.78 is 0. The molecule has 0 aliphatic rings. The molecule has 1 atom stereocenters. The van der Waals surface area contributed by atoms with Gasteiger partial charge in [0.1, 0.15) is 0 Å². The Bertz CT molecular complexity index is 442. The molecule has 1 rings (SSSR count). The average molecular weight is 251 g/mol. The number of carbonyl (C=O) groups is 1. The molecular weight excluding hydrogens is 230 g/mol. The molecule has 0 saturated carbocycles. The van der Waals surface area contributed by atoms with Crippen molar-refractivity contribution >= 4 is 5.91 Å². The summed E-state index contributed by atoms with van der Waals surface area (Å²) >= 11 is 0. The minimum atomic E-state index is -0.264. The van der Waals surface area contributed by atoms with Crippen LogP contribution in [0.15, 0.2) is 23.1 Å². The SMILES string of the molecule is CCC(C)N(C)CCNC(=O)c1cc[nH]c(=O)c1. The van der Waals surface area contributed by atoms with E-state index in [1.165, 1.54) is 12.3 Å². The Hall–Kier alpha value is -1.62. The van der Waals surface area contributed by atoms with Crippen LogP contribution in [0, 0.1) is 0 Å². The molecule has 0 aliphatic carbocycles. The van der Waals surface area contributed by atoms with E-state index in [-0.39, 0.29) is 11.5 Å². The number of hydrogen-bond donors (Lipinski definition) is 2. The maximum absolute atomic E-state index is 11.7. The van der Waals surface area contributed by atoms with Gasteiger partial charge in [0.2, 0.25) is 5.56 Å². The van der Waals surface area contributed by atoms with Crippen molar-refractivity contribution in [3.63, 3.8) is 0 Å². The van der Waals surface area contributed by atoms with Crippen LogP contribution in [0.3, 0.4) is 0 Å². The first-order valence-corrected chi connectivity index (χ1v) is 6.21. The number of hydrogen-bond acceptors (Lipinski definition) is 3. The molecule has 0 fully saturated rings. The lowest BCUT2D eigenvalue weighted by Gasteiger charge is -2.23. The Morgan fingerprint density at radius 3 is 2.89 bits per heavy atom. The van der Waals surface area contributed by atoms with Crippen molar-refractivity contribution in [1.29, 1.82) is 0 Å². The van der Waals surface area contributed by atoms with Gasteiger partial charge in [0, 0.05) is 37.0 Å². The molecule has 1 amide bonds. The van der Waals surface area contributed by atoms with Gasteiger partial charge in [-0.25, -0.2) is 0 Å². The molecule has 1 aromatic heterocycles. The molecule has 0 spiro atoms. The zero-order valence-electron chi connectivity index (χ0n) is 11.2. The minimum Gasteiger partial charge on any atom is -0.351 e. The number of likely N-dealkylation sites (N-methyl/N-ethyl adjacent to an activating group) is 1. The van der Waals surface area contributed by atoms with Crippen LogP contribution in [0.5, 0.6) is 0 Å². The fourth-order valence-corrected chi connectivity index (χ4v) is 1.57. The van der Waals surface area contributed by atoms with Crippen LogP contribution >= 0.6 is 0 Å². The summed E-state index contributed by atoms with van der Waals surface area (Å²) in [7, 11) is 2.04. The minimum absolute atomic E-state index is 0.210. The molecule has 0 bridgehead atoms. The summed E-state index contributed by atoms with van der Waals surface area (Å²) in [5.74, 6) is -0.210. The molecule has 5 heteroatoms. The van der Waals surface area contributed by atoms with Crippen LogP contribution in [0.4, 0.5) is 0 Å². The molecule has 1 unspecified atom stereocenters. The van der Waals surface area contributed by atoms with E-state index in [2.05, 4.69) is 29.0 Å². The predicted octanol–water partition coefficient (Wildman–Crippen LogP) is 0.835. The third kappa shape index (κ3) is 4.33. The van der Waals surface area contributed by atoms with Crippen molar-refractivity contribution in [2.24, 2.45) is 0 Å². The van der Waals surface area contributed by atoms with Crippen molar-refractivity contribution in [2.75, 3.05) is 20.1 Å². The second-order valence-electron chi connectivity index (χ2n) is 4.44. The molecule has 0 aromatic carbocycles. The lowest BCUT2D eigenvalue weighted by Crippen LogP contribution is -2.37. The molecular formula is C13H21N3O2. The van der Waals surface area contributed by atoms with E-state index >= 15 is 0 Å². The van der Waals surface area contributed by atoms with Gasteiger partial charge in [-0.3, -0.25) is 9.59 Å². The van der Waals surface area contributed by atoms with Gasteiger partial charge < -0.3 is 15.2 Å². The van der Waals surface area contributed by atoms with Crippen LogP contribution in [0.1, 0.15) is 30.6 Å². The number of aromatic amines is 1. The molecule has 0 radical (unpaired) electrons. The third-order valence-corrected chi connectivity index (χ3v) is 3.13.